The average Bonchev–Trinajstić information content (AvgIpc) is 2.53. The largest absolute Gasteiger partial charge is 0.387 e. The third-order valence-electron chi connectivity index (χ3n) is 2.69. The number of hydrogen-bond donors (Lipinski definition) is 0. The molecule has 0 N–H and O–H groups in total. The molecule has 0 fully saturated rings. The van der Waals surface area contributed by atoms with E-state index in [1.807, 2.05) is 0 Å². The number of halogens is 5. The molecule has 8 nitrogen and oxygen atoms in total. The Balaban J connectivity index is 3.98. The van der Waals surface area contributed by atoms with Crippen LogP contribution in [0.2, 0.25) is 0 Å². The highest BCUT2D eigenvalue weighted by Crippen LogP contribution is 2.80. The Morgan fingerprint density at radius 3 is 1.21 bits per heavy atom. The first kappa shape index (κ1) is 27.7. The van der Waals surface area contributed by atoms with Gasteiger partial charge in [0.05, 0.1) is 19.8 Å². The van der Waals surface area contributed by atoms with Crippen molar-refractivity contribution < 1.29 is 34.6 Å². The molecule has 1 rings (SSSR count). The summed E-state index contributed by atoms with van der Waals surface area (Å²) < 4.78 is 107. The molecule has 5 atom stereocenters. The van der Waals surface area contributed by atoms with Crippen molar-refractivity contribution in [2.75, 3.05) is 33.2 Å². The van der Waals surface area contributed by atoms with Gasteiger partial charge in [0.1, 0.15) is 0 Å². The van der Waals surface area contributed by atoms with Crippen molar-refractivity contribution >= 4 is 38.3 Å². The Hall–Kier alpha value is 0.680. The molecule has 0 saturated carbocycles. The lowest BCUT2D eigenvalue weighted by Crippen LogP contribution is -1.92. The van der Waals surface area contributed by atoms with Crippen LogP contribution in [-0.2, 0) is 13.6 Å². The van der Waals surface area contributed by atoms with E-state index < -0.39 is 38.3 Å². The maximum atomic E-state index is 15.5. The van der Waals surface area contributed by atoms with E-state index in [1.165, 1.54) is 0 Å². The molecule has 0 bridgehead atoms. The lowest BCUT2D eigenvalue weighted by atomic mass is 10.5. The minimum Gasteiger partial charge on any atom is -0.303 e. The zero-order chi connectivity index (χ0) is 22.4. The first-order valence-corrected chi connectivity index (χ1v) is 17.3. The monoisotopic (exact) mass is 527 g/mol. The Kier molecular flexibility index (Phi) is 10.5. The molecule has 1 aliphatic rings. The molecular weight excluding hydrogens is 500 g/mol. The van der Waals surface area contributed by atoms with Crippen LogP contribution in [0.15, 0.2) is 22.6 Å². The van der Waals surface area contributed by atoms with Crippen LogP contribution >= 0.6 is 38.3 Å². The highest BCUT2D eigenvalue weighted by atomic mass is 31.3. The van der Waals surface area contributed by atoms with Gasteiger partial charge in [-0.3, -0.25) is 0 Å². The Morgan fingerprint density at radius 1 is 0.517 bits per heavy atom. The normalized spacial score (nSPS) is 40.6. The molecular formula is C11H27F5N5O3P5. The summed E-state index contributed by atoms with van der Waals surface area (Å²) in [5, 5.41) is 0. The molecule has 0 aromatic rings. The lowest BCUT2D eigenvalue weighted by Gasteiger charge is -2.21. The summed E-state index contributed by atoms with van der Waals surface area (Å²) in [5.41, 5.74) is 0. The predicted octanol–water partition coefficient (Wildman–Crippen LogP) is 10.3. The summed E-state index contributed by atoms with van der Waals surface area (Å²) in [6, 6.07) is 0. The van der Waals surface area contributed by atoms with E-state index >= 15 is 12.6 Å². The van der Waals surface area contributed by atoms with Crippen LogP contribution in [0.1, 0.15) is 40.0 Å². The van der Waals surface area contributed by atoms with Gasteiger partial charge in [-0.15, -0.1) is 9.03 Å². The van der Waals surface area contributed by atoms with E-state index in [0.29, 0.717) is 0 Å². The van der Waals surface area contributed by atoms with Crippen LogP contribution in [-0.4, -0.2) is 33.2 Å². The first-order chi connectivity index (χ1) is 13.2. The van der Waals surface area contributed by atoms with Gasteiger partial charge in [0.15, 0.2) is 0 Å². The summed E-state index contributed by atoms with van der Waals surface area (Å²) in [6.45, 7) is 5.47. The molecule has 0 amide bonds. The molecule has 0 aromatic heterocycles. The van der Waals surface area contributed by atoms with Crippen molar-refractivity contribution in [3.63, 3.8) is 0 Å². The van der Waals surface area contributed by atoms with E-state index in [2.05, 4.69) is 22.6 Å². The van der Waals surface area contributed by atoms with Crippen LogP contribution in [0.5, 0.6) is 0 Å². The van der Waals surface area contributed by atoms with Crippen molar-refractivity contribution in [3.8, 4) is 0 Å². The van der Waals surface area contributed by atoms with Crippen molar-refractivity contribution in [1.82, 2.24) is 0 Å². The molecule has 1 heterocycles. The second kappa shape index (κ2) is 11.0. The third kappa shape index (κ3) is 9.78. The van der Waals surface area contributed by atoms with Crippen LogP contribution in [0, 0.1) is 0 Å². The Morgan fingerprint density at radius 2 is 0.828 bits per heavy atom. The van der Waals surface area contributed by atoms with Gasteiger partial charge in [0.2, 0.25) is 15.0 Å². The lowest BCUT2D eigenvalue weighted by molar-refractivity contribution is 0.311. The maximum absolute atomic E-state index is 15.5. The second-order valence-corrected chi connectivity index (χ2v) is 16.4. The fourth-order valence-electron chi connectivity index (χ4n) is 1.84. The SMILES string of the molecule is CCCOP1(F)=NP(C)(F)=NP(C)(F)=NP(F)(OCCC)=NP(F)(OCCC)=N1. The van der Waals surface area contributed by atoms with Crippen LogP contribution in [0.3, 0.4) is 0 Å². The molecule has 0 spiro atoms. The Bertz CT molecular complexity index is 839. The van der Waals surface area contributed by atoms with E-state index in [-0.39, 0.29) is 39.1 Å². The summed E-state index contributed by atoms with van der Waals surface area (Å²) in [7, 11) is -24.3. The van der Waals surface area contributed by atoms with Crippen molar-refractivity contribution in [1.29, 1.82) is 0 Å². The number of hydrogen-bond acceptors (Lipinski definition) is 8. The average molecular weight is 527 g/mol. The molecule has 1 aliphatic heterocycles. The molecule has 0 aromatic carbocycles. The van der Waals surface area contributed by atoms with Crippen molar-refractivity contribution in [3.05, 3.63) is 0 Å². The standard InChI is InChI=1S/C11H27F5N5O3P5/c1-6-9-22-27(14)18-25(4,12)17-26(5,13)19-28(15,23-10-7-2)21-29(16,20-27)24-11-8-3/h6-11H2,1-5H3. The fourth-order valence-corrected chi connectivity index (χ4v) is 14.4. The van der Waals surface area contributed by atoms with Gasteiger partial charge < -0.3 is 13.6 Å². The van der Waals surface area contributed by atoms with E-state index in [9.17, 15) is 8.39 Å². The fraction of sp³-hybridized carbons (Fsp3) is 1.00. The summed E-state index contributed by atoms with van der Waals surface area (Å²) in [4.78, 5) is 0. The second-order valence-electron chi connectivity index (χ2n) is 5.99. The zero-order valence-electron chi connectivity index (χ0n) is 16.8. The van der Waals surface area contributed by atoms with E-state index in [4.69, 9.17) is 13.6 Å². The van der Waals surface area contributed by atoms with Crippen molar-refractivity contribution in [2.45, 2.75) is 40.0 Å². The van der Waals surface area contributed by atoms with E-state index in [1.54, 1.807) is 20.8 Å². The molecule has 29 heavy (non-hydrogen) atoms. The maximum Gasteiger partial charge on any atom is 0.387 e. The van der Waals surface area contributed by atoms with Gasteiger partial charge in [0, 0.05) is 13.3 Å². The smallest absolute Gasteiger partial charge is 0.303 e. The first-order valence-electron chi connectivity index (χ1n) is 8.77. The molecule has 0 aliphatic carbocycles. The summed E-state index contributed by atoms with van der Waals surface area (Å²) in [6.07, 6.45) is 0.828. The van der Waals surface area contributed by atoms with Gasteiger partial charge in [0.25, 0.3) is 0 Å². The van der Waals surface area contributed by atoms with Gasteiger partial charge in [-0.25, -0.2) is 0 Å². The number of nitrogens with zero attached hydrogens (tertiary/aromatic N) is 5. The van der Waals surface area contributed by atoms with Crippen LogP contribution in [0.4, 0.5) is 21.0 Å². The van der Waals surface area contributed by atoms with Crippen LogP contribution < -0.4 is 0 Å². The molecule has 0 radical (unpaired) electrons. The van der Waals surface area contributed by atoms with Gasteiger partial charge in [-0.05, 0) is 19.3 Å². The van der Waals surface area contributed by atoms with E-state index in [0.717, 1.165) is 13.3 Å². The highest BCUT2D eigenvalue weighted by molar-refractivity contribution is 7.80. The topological polar surface area (TPSA) is 89.5 Å². The number of rotatable bonds is 9. The van der Waals surface area contributed by atoms with Gasteiger partial charge in [-0.1, -0.05) is 20.8 Å². The minimum atomic E-state index is -5.11. The van der Waals surface area contributed by atoms with Crippen molar-refractivity contribution in [2.24, 2.45) is 22.6 Å². The quantitative estimate of drug-likeness (QED) is 0.221. The summed E-state index contributed by atoms with van der Waals surface area (Å²) in [5.74, 6) is 0. The predicted molar refractivity (Wildman–Crippen MR) is 113 cm³/mol. The highest BCUT2D eigenvalue weighted by Gasteiger charge is 2.38. The summed E-state index contributed by atoms with van der Waals surface area (Å²) >= 11 is 0. The molecule has 0 saturated heterocycles. The van der Waals surface area contributed by atoms with Gasteiger partial charge >= 0.3 is 23.2 Å². The third-order valence-corrected chi connectivity index (χ3v) is 14.7. The van der Waals surface area contributed by atoms with Crippen LogP contribution in [0.25, 0.3) is 0 Å². The minimum absolute atomic E-state index is 0.267. The van der Waals surface area contributed by atoms with Gasteiger partial charge in [-0.2, -0.15) is 34.5 Å². The molecule has 5 unspecified atom stereocenters. The molecule has 18 heteroatoms. The Labute approximate surface area is 169 Å². The zero-order valence-corrected chi connectivity index (χ0v) is 21.3. The molecule has 174 valence electrons.